The molecule has 1 aliphatic rings. The number of rotatable bonds is 2. The van der Waals surface area contributed by atoms with Gasteiger partial charge in [0.15, 0.2) is 0 Å². The van der Waals surface area contributed by atoms with E-state index in [0.717, 1.165) is 12.8 Å². The summed E-state index contributed by atoms with van der Waals surface area (Å²) in [5.74, 6) is 0.280. The largest absolute Gasteiger partial charge is 0.349 e. The van der Waals surface area contributed by atoms with Crippen LogP contribution < -0.4 is 5.32 Å². The molecule has 1 heterocycles. The van der Waals surface area contributed by atoms with Crippen molar-refractivity contribution in [3.63, 3.8) is 0 Å². The normalized spacial score (nSPS) is 28.1. The fraction of sp³-hybridized carbons (Fsp3) is 0.538. The van der Waals surface area contributed by atoms with E-state index in [2.05, 4.69) is 24.1 Å². The molecule has 3 nitrogen and oxygen atoms in total. The van der Waals surface area contributed by atoms with E-state index < -0.39 is 5.95 Å². The summed E-state index contributed by atoms with van der Waals surface area (Å²) in [7, 11) is 0. The quantitative estimate of drug-likeness (QED) is 0.801. The van der Waals surface area contributed by atoms with Crippen LogP contribution in [0.2, 0.25) is 0 Å². The zero-order valence-corrected chi connectivity index (χ0v) is 10.1. The van der Waals surface area contributed by atoms with Crippen molar-refractivity contribution in [2.24, 2.45) is 11.8 Å². The molecule has 1 N–H and O–H groups in total. The van der Waals surface area contributed by atoms with Crippen molar-refractivity contribution in [2.45, 2.75) is 32.7 Å². The highest BCUT2D eigenvalue weighted by Crippen LogP contribution is 2.31. The van der Waals surface area contributed by atoms with Crippen molar-refractivity contribution in [3.05, 3.63) is 29.8 Å². The Bertz CT molecular complexity index is 422. The molecular weight excluding hydrogens is 219 g/mol. The van der Waals surface area contributed by atoms with Crippen molar-refractivity contribution in [1.82, 2.24) is 10.3 Å². The van der Waals surface area contributed by atoms with E-state index in [4.69, 9.17) is 0 Å². The van der Waals surface area contributed by atoms with Crippen LogP contribution in [-0.4, -0.2) is 16.9 Å². The van der Waals surface area contributed by atoms with Gasteiger partial charge in [0.1, 0.15) is 0 Å². The van der Waals surface area contributed by atoms with Gasteiger partial charge in [-0.1, -0.05) is 13.8 Å². The molecule has 17 heavy (non-hydrogen) atoms. The van der Waals surface area contributed by atoms with E-state index in [-0.39, 0.29) is 11.9 Å². The Kier molecular flexibility index (Phi) is 3.41. The molecule has 0 aliphatic heterocycles. The number of carbonyl (C=O) groups excluding carboxylic acids is 1. The molecule has 1 aromatic heterocycles. The number of amides is 1. The maximum Gasteiger partial charge on any atom is 0.251 e. The van der Waals surface area contributed by atoms with Gasteiger partial charge in [0, 0.05) is 23.9 Å². The highest BCUT2D eigenvalue weighted by Gasteiger charge is 2.30. The molecule has 3 atom stereocenters. The molecule has 1 fully saturated rings. The summed E-state index contributed by atoms with van der Waals surface area (Å²) in [4.78, 5) is 15.3. The average Bonchev–Trinajstić information content (AvgIpc) is 2.61. The molecule has 0 spiro atoms. The summed E-state index contributed by atoms with van der Waals surface area (Å²) < 4.78 is 12.9. The van der Waals surface area contributed by atoms with Gasteiger partial charge in [-0.25, -0.2) is 4.98 Å². The van der Waals surface area contributed by atoms with Crippen molar-refractivity contribution in [2.75, 3.05) is 0 Å². The van der Waals surface area contributed by atoms with Gasteiger partial charge < -0.3 is 5.32 Å². The number of carbonyl (C=O) groups is 1. The highest BCUT2D eigenvalue weighted by atomic mass is 19.1. The van der Waals surface area contributed by atoms with E-state index >= 15 is 0 Å². The monoisotopic (exact) mass is 236 g/mol. The number of halogens is 1. The number of nitrogens with one attached hydrogen (secondary N) is 1. The van der Waals surface area contributed by atoms with Crippen LogP contribution in [0.4, 0.5) is 4.39 Å². The molecule has 0 saturated heterocycles. The van der Waals surface area contributed by atoms with Crippen LogP contribution in [0, 0.1) is 17.8 Å². The summed E-state index contributed by atoms with van der Waals surface area (Å²) in [6.07, 6.45) is 3.45. The van der Waals surface area contributed by atoms with Crippen molar-refractivity contribution >= 4 is 5.91 Å². The highest BCUT2D eigenvalue weighted by molar-refractivity contribution is 5.94. The minimum atomic E-state index is -0.620. The third-order valence-corrected chi connectivity index (χ3v) is 3.77. The van der Waals surface area contributed by atoms with Gasteiger partial charge in [-0.15, -0.1) is 0 Å². The van der Waals surface area contributed by atoms with E-state index in [1.807, 2.05) is 0 Å². The minimum Gasteiger partial charge on any atom is -0.349 e. The van der Waals surface area contributed by atoms with Crippen molar-refractivity contribution in [1.29, 1.82) is 0 Å². The van der Waals surface area contributed by atoms with E-state index in [1.165, 1.54) is 18.3 Å². The number of aromatic nitrogens is 1. The van der Waals surface area contributed by atoms with Crippen molar-refractivity contribution in [3.8, 4) is 0 Å². The van der Waals surface area contributed by atoms with Gasteiger partial charge in [0.05, 0.1) is 0 Å². The second kappa shape index (κ2) is 4.82. The van der Waals surface area contributed by atoms with E-state index in [0.29, 0.717) is 17.4 Å². The second-order valence-corrected chi connectivity index (χ2v) is 4.86. The van der Waals surface area contributed by atoms with Gasteiger partial charge in [-0.2, -0.15) is 4.39 Å². The Morgan fingerprint density at radius 3 is 2.82 bits per heavy atom. The van der Waals surface area contributed by atoms with Crippen LogP contribution >= 0.6 is 0 Å². The first kappa shape index (κ1) is 12.0. The zero-order chi connectivity index (χ0) is 12.4. The van der Waals surface area contributed by atoms with Gasteiger partial charge >= 0.3 is 0 Å². The fourth-order valence-corrected chi connectivity index (χ4v) is 2.36. The molecule has 0 bridgehead atoms. The minimum absolute atomic E-state index is 0.203. The molecule has 92 valence electrons. The Morgan fingerprint density at radius 2 is 2.24 bits per heavy atom. The van der Waals surface area contributed by atoms with Crippen LogP contribution in [0.1, 0.15) is 37.0 Å². The van der Waals surface area contributed by atoms with Gasteiger partial charge in [0.25, 0.3) is 5.91 Å². The lowest BCUT2D eigenvalue weighted by molar-refractivity contribution is 0.0926. The Hall–Kier alpha value is -1.45. The lowest BCUT2D eigenvalue weighted by Crippen LogP contribution is -2.37. The first-order chi connectivity index (χ1) is 8.08. The van der Waals surface area contributed by atoms with Gasteiger partial charge in [0.2, 0.25) is 5.95 Å². The second-order valence-electron chi connectivity index (χ2n) is 4.86. The van der Waals surface area contributed by atoms with Crippen LogP contribution in [0.3, 0.4) is 0 Å². The van der Waals surface area contributed by atoms with E-state index in [9.17, 15) is 9.18 Å². The lowest BCUT2D eigenvalue weighted by Gasteiger charge is -2.19. The molecule has 1 aromatic rings. The number of hydrogen-bond donors (Lipinski definition) is 1. The molecule has 0 aromatic carbocycles. The molecule has 1 saturated carbocycles. The maximum atomic E-state index is 12.9. The lowest BCUT2D eigenvalue weighted by atomic mass is 9.97. The number of hydrogen-bond acceptors (Lipinski definition) is 2. The Balaban J connectivity index is 2.02. The number of nitrogens with zero attached hydrogens (tertiary/aromatic N) is 1. The molecule has 1 amide bonds. The summed E-state index contributed by atoms with van der Waals surface area (Å²) in [5.41, 5.74) is 0.337. The molecule has 2 rings (SSSR count). The topological polar surface area (TPSA) is 42.0 Å². The van der Waals surface area contributed by atoms with Crippen LogP contribution in [0.25, 0.3) is 0 Å². The predicted octanol–water partition coefficient (Wildman–Crippen LogP) is 2.39. The molecule has 0 radical (unpaired) electrons. The van der Waals surface area contributed by atoms with Crippen LogP contribution in [0.5, 0.6) is 0 Å². The first-order valence-corrected chi connectivity index (χ1v) is 6.00. The third kappa shape index (κ3) is 2.62. The van der Waals surface area contributed by atoms with Crippen LogP contribution in [0.15, 0.2) is 18.3 Å². The SMILES string of the molecule is CC1CCC(NC(=O)c2ccnc(F)c2)C1C. The van der Waals surface area contributed by atoms with Gasteiger partial charge in [-0.05, 0) is 30.7 Å². The standard InChI is InChI=1S/C13H17FN2O/c1-8-3-4-11(9(8)2)16-13(17)10-5-6-15-12(14)7-10/h5-9,11H,3-4H2,1-2H3,(H,16,17). The van der Waals surface area contributed by atoms with Crippen molar-refractivity contribution < 1.29 is 9.18 Å². The smallest absolute Gasteiger partial charge is 0.251 e. The predicted molar refractivity (Wildman–Crippen MR) is 63.0 cm³/mol. The summed E-state index contributed by atoms with van der Waals surface area (Å²) in [6, 6.07) is 2.90. The summed E-state index contributed by atoms with van der Waals surface area (Å²) in [6.45, 7) is 4.35. The third-order valence-electron chi connectivity index (χ3n) is 3.77. The zero-order valence-electron chi connectivity index (χ0n) is 10.1. The maximum absolute atomic E-state index is 12.9. The fourth-order valence-electron chi connectivity index (χ4n) is 2.36. The van der Waals surface area contributed by atoms with Crippen LogP contribution in [-0.2, 0) is 0 Å². The molecule has 3 unspecified atom stereocenters. The summed E-state index contributed by atoms with van der Waals surface area (Å²) >= 11 is 0. The van der Waals surface area contributed by atoms with Gasteiger partial charge in [-0.3, -0.25) is 4.79 Å². The Labute approximate surface area is 100 Å². The summed E-state index contributed by atoms with van der Waals surface area (Å²) in [5, 5.41) is 2.97. The number of pyridine rings is 1. The Morgan fingerprint density at radius 1 is 1.47 bits per heavy atom. The molecular formula is C13H17FN2O. The average molecular weight is 236 g/mol. The first-order valence-electron chi connectivity index (χ1n) is 6.00. The molecule has 1 aliphatic carbocycles. The van der Waals surface area contributed by atoms with E-state index in [1.54, 1.807) is 0 Å². The molecule has 4 heteroatoms.